The molecule has 224 valence electrons. The smallest absolute Gasteiger partial charge is 0.264 e. The fourth-order valence-electron chi connectivity index (χ4n) is 4.74. The Bertz CT molecular complexity index is 1590. The molecular weight excluding hydrogens is 562 g/mol. The van der Waals surface area contributed by atoms with Crippen molar-refractivity contribution in [1.29, 1.82) is 0 Å². The van der Waals surface area contributed by atoms with Crippen LogP contribution in [0, 0.1) is 6.92 Å². The number of hydrogen-bond acceptors (Lipinski definition) is 5. The molecule has 0 saturated heterocycles. The maximum absolute atomic E-state index is 14.3. The predicted molar refractivity (Wildman–Crippen MR) is 168 cm³/mol. The topological polar surface area (TPSA) is 96.0 Å². The van der Waals surface area contributed by atoms with Crippen LogP contribution in [-0.2, 0) is 32.6 Å². The molecule has 0 unspecified atom stereocenters. The van der Waals surface area contributed by atoms with Gasteiger partial charge in [-0.15, -0.1) is 0 Å². The van der Waals surface area contributed by atoms with Crippen LogP contribution in [0.3, 0.4) is 0 Å². The monoisotopic (exact) mass is 599 g/mol. The van der Waals surface area contributed by atoms with Gasteiger partial charge in [0, 0.05) is 20.0 Å². The number of ether oxygens (including phenoxy) is 1. The van der Waals surface area contributed by atoms with E-state index < -0.39 is 28.5 Å². The second kappa shape index (κ2) is 14.5. The fourth-order valence-corrected chi connectivity index (χ4v) is 6.16. The van der Waals surface area contributed by atoms with Crippen molar-refractivity contribution in [2.45, 2.75) is 37.8 Å². The van der Waals surface area contributed by atoms with Gasteiger partial charge in [-0.2, -0.15) is 0 Å². The van der Waals surface area contributed by atoms with Crippen LogP contribution in [-0.4, -0.2) is 51.4 Å². The zero-order valence-electron chi connectivity index (χ0n) is 24.6. The number of sulfonamides is 1. The normalized spacial score (nSPS) is 11.8. The van der Waals surface area contributed by atoms with Crippen molar-refractivity contribution in [3.05, 3.63) is 126 Å². The molecular formula is C34H37N3O5S. The van der Waals surface area contributed by atoms with E-state index >= 15 is 0 Å². The summed E-state index contributed by atoms with van der Waals surface area (Å²) >= 11 is 0. The first-order chi connectivity index (χ1) is 20.7. The van der Waals surface area contributed by atoms with Crippen molar-refractivity contribution >= 4 is 27.5 Å². The molecule has 0 aliphatic rings. The van der Waals surface area contributed by atoms with Crippen LogP contribution in [0.25, 0.3) is 0 Å². The maximum atomic E-state index is 14.3. The Balaban J connectivity index is 1.77. The minimum Gasteiger partial charge on any atom is -0.494 e. The highest BCUT2D eigenvalue weighted by molar-refractivity contribution is 7.92. The van der Waals surface area contributed by atoms with E-state index in [1.54, 1.807) is 36.4 Å². The first-order valence-corrected chi connectivity index (χ1v) is 15.6. The molecule has 0 aromatic heterocycles. The minimum atomic E-state index is -4.16. The van der Waals surface area contributed by atoms with E-state index in [-0.39, 0.29) is 23.8 Å². The number of carbonyl (C=O) groups is 2. The molecule has 0 fully saturated rings. The number of anilines is 1. The summed E-state index contributed by atoms with van der Waals surface area (Å²) in [5.41, 5.74) is 2.90. The van der Waals surface area contributed by atoms with E-state index in [1.165, 1.54) is 24.1 Å². The minimum absolute atomic E-state index is 0.0570. The number of benzene rings is 4. The highest BCUT2D eigenvalue weighted by Crippen LogP contribution is 2.27. The van der Waals surface area contributed by atoms with Gasteiger partial charge in [-0.3, -0.25) is 13.9 Å². The van der Waals surface area contributed by atoms with Gasteiger partial charge in [0.2, 0.25) is 11.8 Å². The van der Waals surface area contributed by atoms with Gasteiger partial charge in [0.15, 0.2) is 0 Å². The maximum Gasteiger partial charge on any atom is 0.264 e. The summed E-state index contributed by atoms with van der Waals surface area (Å²) in [5, 5.41) is 2.69. The van der Waals surface area contributed by atoms with Crippen LogP contribution in [0.1, 0.15) is 23.6 Å². The Morgan fingerprint density at radius 3 is 1.95 bits per heavy atom. The number of nitrogens with one attached hydrogen (secondary N) is 1. The Morgan fingerprint density at radius 2 is 1.40 bits per heavy atom. The lowest BCUT2D eigenvalue weighted by Crippen LogP contribution is -2.53. The van der Waals surface area contributed by atoms with Gasteiger partial charge in [-0.25, -0.2) is 8.42 Å². The predicted octanol–water partition coefficient (Wildman–Crippen LogP) is 4.98. The van der Waals surface area contributed by atoms with Crippen molar-refractivity contribution in [2.75, 3.05) is 24.5 Å². The number of aryl methyl sites for hydroxylation is 1. The van der Waals surface area contributed by atoms with E-state index in [9.17, 15) is 18.0 Å². The van der Waals surface area contributed by atoms with E-state index in [0.717, 1.165) is 21.0 Å². The molecule has 1 N–H and O–H groups in total. The molecule has 9 heteroatoms. The number of nitrogens with zero attached hydrogens (tertiary/aromatic N) is 2. The van der Waals surface area contributed by atoms with Gasteiger partial charge < -0.3 is 15.0 Å². The van der Waals surface area contributed by atoms with Gasteiger partial charge in [0.05, 0.1) is 17.2 Å². The van der Waals surface area contributed by atoms with E-state index in [4.69, 9.17) is 4.74 Å². The lowest BCUT2D eigenvalue weighted by molar-refractivity contribution is -0.139. The van der Waals surface area contributed by atoms with Crippen molar-refractivity contribution < 1.29 is 22.7 Å². The van der Waals surface area contributed by atoms with Crippen molar-refractivity contribution in [3.8, 4) is 5.75 Å². The largest absolute Gasteiger partial charge is 0.494 e. The fraction of sp³-hybridized carbons (Fsp3) is 0.235. The molecule has 0 bridgehead atoms. The summed E-state index contributed by atoms with van der Waals surface area (Å²) in [5.74, 6) is -0.279. The second-order valence-corrected chi connectivity index (χ2v) is 11.9. The van der Waals surface area contributed by atoms with Gasteiger partial charge >= 0.3 is 0 Å². The number of likely N-dealkylation sites (N-methyl/N-ethyl adjacent to an activating group) is 1. The summed E-state index contributed by atoms with van der Waals surface area (Å²) in [7, 11) is -2.64. The molecule has 2 amide bonds. The first-order valence-electron chi connectivity index (χ1n) is 14.1. The SMILES string of the molecule is CCOc1ccc(N(CC(=O)N(Cc2ccccc2)[C@@H](Cc2ccccc2)C(=O)NC)S(=O)(=O)c2ccc(C)cc2)cc1. The third kappa shape index (κ3) is 8.02. The molecule has 4 rings (SSSR count). The summed E-state index contributed by atoms with van der Waals surface area (Å²) in [6.45, 7) is 3.79. The summed E-state index contributed by atoms with van der Waals surface area (Å²) in [6.07, 6.45) is 0.257. The molecule has 0 aliphatic carbocycles. The average Bonchev–Trinajstić information content (AvgIpc) is 3.03. The highest BCUT2D eigenvalue weighted by atomic mass is 32.2. The third-order valence-corrected chi connectivity index (χ3v) is 8.82. The summed E-state index contributed by atoms with van der Waals surface area (Å²) in [6, 6.07) is 31.0. The zero-order chi connectivity index (χ0) is 30.8. The standard InChI is InChI=1S/C34H37N3O5S/c1-4-42-30-19-17-29(18-20-30)37(43(40,41)31-21-15-26(2)16-22-31)25-33(38)36(24-28-13-9-6-10-14-28)32(34(39)35-3)23-27-11-7-5-8-12-27/h5-22,32H,4,23-25H2,1-3H3,(H,35,39)/t32-/m0/s1. The zero-order valence-corrected chi connectivity index (χ0v) is 25.5. The second-order valence-electron chi connectivity index (χ2n) is 10.1. The van der Waals surface area contributed by atoms with Gasteiger partial charge in [-0.05, 0) is 61.4 Å². The van der Waals surface area contributed by atoms with Crippen LogP contribution >= 0.6 is 0 Å². The van der Waals surface area contributed by atoms with Gasteiger partial charge in [0.25, 0.3) is 10.0 Å². The van der Waals surface area contributed by atoms with Crippen LogP contribution in [0.4, 0.5) is 5.69 Å². The van der Waals surface area contributed by atoms with Crippen molar-refractivity contribution in [1.82, 2.24) is 10.2 Å². The average molecular weight is 600 g/mol. The molecule has 4 aromatic rings. The molecule has 8 nitrogen and oxygen atoms in total. The summed E-state index contributed by atoms with van der Waals surface area (Å²) in [4.78, 5) is 29.1. The van der Waals surface area contributed by atoms with Crippen LogP contribution in [0.15, 0.2) is 114 Å². The van der Waals surface area contributed by atoms with Crippen LogP contribution in [0.2, 0.25) is 0 Å². The third-order valence-electron chi connectivity index (χ3n) is 7.04. The molecule has 0 aliphatic heterocycles. The lowest BCUT2D eigenvalue weighted by Gasteiger charge is -2.33. The Kier molecular flexibility index (Phi) is 10.6. The highest BCUT2D eigenvalue weighted by Gasteiger charge is 2.34. The van der Waals surface area contributed by atoms with E-state index in [2.05, 4.69) is 5.32 Å². The van der Waals surface area contributed by atoms with Crippen LogP contribution < -0.4 is 14.4 Å². The number of amides is 2. The molecule has 4 aromatic carbocycles. The van der Waals surface area contributed by atoms with Gasteiger partial charge in [-0.1, -0.05) is 78.4 Å². The van der Waals surface area contributed by atoms with Gasteiger partial charge in [0.1, 0.15) is 18.3 Å². The molecule has 0 radical (unpaired) electrons. The van der Waals surface area contributed by atoms with E-state index in [1.807, 2.05) is 74.5 Å². The lowest BCUT2D eigenvalue weighted by atomic mass is 10.0. The molecule has 43 heavy (non-hydrogen) atoms. The van der Waals surface area contributed by atoms with Crippen LogP contribution in [0.5, 0.6) is 5.75 Å². The molecule has 0 saturated carbocycles. The number of hydrogen-bond donors (Lipinski definition) is 1. The summed E-state index contributed by atoms with van der Waals surface area (Å²) < 4.78 is 34.8. The number of rotatable bonds is 13. The van der Waals surface area contributed by atoms with Crippen molar-refractivity contribution in [3.63, 3.8) is 0 Å². The first kappa shape index (κ1) is 31.3. The molecule has 0 heterocycles. The Hall–Kier alpha value is -4.63. The van der Waals surface area contributed by atoms with E-state index in [0.29, 0.717) is 18.0 Å². The molecule has 1 atom stereocenters. The Labute approximate surface area is 254 Å². The molecule has 0 spiro atoms. The Morgan fingerprint density at radius 1 is 0.814 bits per heavy atom. The quantitative estimate of drug-likeness (QED) is 0.234. The van der Waals surface area contributed by atoms with Crippen molar-refractivity contribution in [2.24, 2.45) is 0 Å². The number of carbonyl (C=O) groups excluding carboxylic acids is 2.